The zero-order chi connectivity index (χ0) is 15.9. The third-order valence-electron chi connectivity index (χ3n) is 2.51. The van der Waals surface area contributed by atoms with Gasteiger partial charge in [0.15, 0.2) is 5.92 Å². The monoisotopic (exact) mass is 283 g/mol. The number of hydrogen-bond donors (Lipinski definition) is 0. The van der Waals surface area contributed by atoms with Gasteiger partial charge in [-0.05, 0) is 40.0 Å². The van der Waals surface area contributed by atoms with E-state index < -0.39 is 23.8 Å². The van der Waals surface area contributed by atoms with Crippen LogP contribution in [0.4, 0.5) is 0 Å². The lowest BCUT2D eigenvalue weighted by atomic mass is 9.86. The standard InChI is InChI=1S/C15H25NO4/c1-9(2)7-12(8-16)13(14(17)19-10(3)4)15(18)20-11(5)6/h9-13H,7H2,1-6H3. The fourth-order valence-corrected chi connectivity index (χ4v) is 1.81. The van der Waals surface area contributed by atoms with Crippen LogP contribution in [0.15, 0.2) is 0 Å². The average Bonchev–Trinajstić information content (AvgIpc) is 2.25. The van der Waals surface area contributed by atoms with E-state index in [0.717, 1.165) is 0 Å². The molecule has 20 heavy (non-hydrogen) atoms. The van der Waals surface area contributed by atoms with Gasteiger partial charge < -0.3 is 9.47 Å². The number of rotatable bonds is 7. The third-order valence-corrected chi connectivity index (χ3v) is 2.51. The fourth-order valence-electron chi connectivity index (χ4n) is 1.81. The summed E-state index contributed by atoms with van der Waals surface area (Å²) in [5.41, 5.74) is 0. The molecule has 0 bridgehead atoms. The summed E-state index contributed by atoms with van der Waals surface area (Å²) < 4.78 is 10.2. The van der Waals surface area contributed by atoms with Crippen LogP contribution in [0.5, 0.6) is 0 Å². The largest absolute Gasteiger partial charge is 0.462 e. The maximum absolute atomic E-state index is 12.1. The summed E-state index contributed by atoms with van der Waals surface area (Å²) in [6.45, 7) is 10.7. The molecule has 5 nitrogen and oxygen atoms in total. The van der Waals surface area contributed by atoms with Gasteiger partial charge in [-0.2, -0.15) is 5.26 Å². The van der Waals surface area contributed by atoms with Crippen molar-refractivity contribution in [3.05, 3.63) is 0 Å². The molecule has 0 aromatic heterocycles. The number of ether oxygens (including phenoxy) is 2. The van der Waals surface area contributed by atoms with Crippen LogP contribution in [0.25, 0.3) is 0 Å². The average molecular weight is 283 g/mol. The van der Waals surface area contributed by atoms with Gasteiger partial charge in [-0.1, -0.05) is 13.8 Å². The van der Waals surface area contributed by atoms with Gasteiger partial charge in [-0.15, -0.1) is 0 Å². The Hall–Kier alpha value is -1.57. The van der Waals surface area contributed by atoms with Crippen LogP contribution in [0.3, 0.4) is 0 Å². The molecule has 0 heterocycles. The Morgan fingerprint density at radius 3 is 1.60 bits per heavy atom. The molecule has 114 valence electrons. The number of nitrogens with zero attached hydrogens (tertiary/aromatic N) is 1. The minimum Gasteiger partial charge on any atom is -0.462 e. The van der Waals surface area contributed by atoms with Crippen LogP contribution in [-0.2, 0) is 19.1 Å². The van der Waals surface area contributed by atoms with E-state index in [-0.39, 0.29) is 18.1 Å². The molecule has 1 unspecified atom stereocenters. The van der Waals surface area contributed by atoms with Gasteiger partial charge in [0.1, 0.15) is 0 Å². The number of esters is 2. The van der Waals surface area contributed by atoms with Crippen molar-refractivity contribution in [2.24, 2.45) is 17.8 Å². The first-order valence-electron chi connectivity index (χ1n) is 6.99. The molecule has 0 aromatic carbocycles. The van der Waals surface area contributed by atoms with Crippen LogP contribution in [0, 0.1) is 29.1 Å². The van der Waals surface area contributed by atoms with Gasteiger partial charge in [-0.3, -0.25) is 9.59 Å². The molecule has 0 saturated carbocycles. The Balaban J connectivity index is 5.17. The van der Waals surface area contributed by atoms with Crippen molar-refractivity contribution in [2.75, 3.05) is 0 Å². The highest BCUT2D eigenvalue weighted by atomic mass is 16.6. The van der Waals surface area contributed by atoms with Gasteiger partial charge in [0.25, 0.3) is 0 Å². The van der Waals surface area contributed by atoms with Crippen LogP contribution < -0.4 is 0 Å². The molecule has 0 radical (unpaired) electrons. The fraction of sp³-hybridized carbons (Fsp3) is 0.800. The highest BCUT2D eigenvalue weighted by Gasteiger charge is 2.39. The van der Waals surface area contributed by atoms with Crippen LogP contribution in [0.2, 0.25) is 0 Å². The second-order valence-corrected chi connectivity index (χ2v) is 5.81. The van der Waals surface area contributed by atoms with Crippen LogP contribution in [0.1, 0.15) is 48.0 Å². The van der Waals surface area contributed by atoms with Crippen molar-refractivity contribution in [3.8, 4) is 6.07 Å². The van der Waals surface area contributed by atoms with Gasteiger partial charge in [0.05, 0.1) is 24.2 Å². The van der Waals surface area contributed by atoms with E-state index in [0.29, 0.717) is 6.42 Å². The molecule has 0 aromatic rings. The molecular weight excluding hydrogens is 258 g/mol. The Morgan fingerprint density at radius 2 is 1.35 bits per heavy atom. The molecule has 0 rings (SSSR count). The highest BCUT2D eigenvalue weighted by Crippen LogP contribution is 2.24. The number of nitriles is 1. The normalized spacial score (nSPS) is 12.7. The summed E-state index contributed by atoms with van der Waals surface area (Å²) in [7, 11) is 0. The van der Waals surface area contributed by atoms with Crippen molar-refractivity contribution in [1.82, 2.24) is 0 Å². The summed E-state index contributed by atoms with van der Waals surface area (Å²) in [5.74, 6) is -3.07. The molecule has 0 saturated heterocycles. The lowest BCUT2D eigenvalue weighted by molar-refractivity contribution is -0.168. The minimum absolute atomic E-state index is 0.195. The van der Waals surface area contributed by atoms with Crippen molar-refractivity contribution >= 4 is 11.9 Å². The van der Waals surface area contributed by atoms with Gasteiger partial charge in [0, 0.05) is 0 Å². The zero-order valence-corrected chi connectivity index (χ0v) is 13.2. The van der Waals surface area contributed by atoms with Crippen molar-refractivity contribution < 1.29 is 19.1 Å². The molecule has 0 aliphatic carbocycles. The SMILES string of the molecule is CC(C)CC(C#N)C(C(=O)OC(C)C)C(=O)OC(C)C. The maximum Gasteiger partial charge on any atom is 0.321 e. The summed E-state index contributed by atoms with van der Waals surface area (Å²) in [4.78, 5) is 24.2. The van der Waals surface area contributed by atoms with E-state index >= 15 is 0 Å². The molecule has 0 aliphatic heterocycles. The van der Waals surface area contributed by atoms with Gasteiger partial charge in [0.2, 0.25) is 0 Å². The van der Waals surface area contributed by atoms with E-state index in [9.17, 15) is 14.9 Å². The molecule has 0 fully saturated rings. The Bertz CT molecular complexity index is 347. The van der Waals surface area contributed by atoms with Crippen molar-refractivity contribution in [1.29, 1.82) is 5.26 Å². The summed E-state index contributed by atoms with van der Waals surface area (Å²) in [5, 5.41) is 9.25. The molecule has 0 aliphatic rings. The van der Waals surface area contributed by atoms with Gasteiger partial charge >= 0.3 is 11.9 Å². The lowest BCUT2D eigenvalue weighted by Crippen LogP contribution is -2.36. The first-order valence-corrected chi connectivity index (χ1v) is 6.99. The van der Waals surface area contributed by atoms with Crippen molar-refractivity contribution in [2.45, 2.75) is 60.2 Å². The summed E-state index contributed by atoms with van der Waals surface area (Å²) in [6.07, 6.45) is -0.229. The molecular formula is C15H25NO4. The van der Waals surface area contributed by atoms with E-state index in [4.69, 9.17) is 9.47 Å². The van der Waals surface area contributed by atoms with E-state index in [1.165, 1.54) is 0 Å². The quantitative estimate of drug-likeness (QED) is 0.530. The van der Waals surface area contributed by atoms with E-state index in [1.807, 2.05) is 19.9 Å². The summed E-state index contributed by atoms with van der Waals surface area (Å²) >= 11 is 0. The minimum atomic E-state index is -1.17. The lowest BCUT2D eigenvalue weighted by Gasteiger charge is -2.22. The van der Waals surface area contributed by atoms with E-state index in [2.05, 4.69) is 0 Å². The predicted molar refractivity (Wildman–Crippen MR) is 74.5 cm³/mol. The van der Waals surface area contributed by atoms with Crippen LogP contribution >= 0.6 is 0 Å². The Morgan fingerprint density at radius 1 is 0.950 bits per heavy atom. The number of hydrogen-bond acceptors (Lipinski definition) is 5. The molecule has 0 N–H and O–H groups in total. The highest BCUT2D eigenvalue weighted by molar-refractivity contribution is 5.95. The smallest absolute Gasteiger partial charge is 0.321 e. The molecule has 1 atom stereocenters. The molecule has 5 heteroatoms. The Kier molecular flexibility index (Phi) is 7.90. The second kappa shape index (κ2) is 8.57. The van der Waals surface area contributed by atoms with Gasteiger partial charge in [-0.25, -0.2) is 0 Å². The number of carbonyl (C=O) groups is 2. The number of carbonyl (C=O) groups excluding carboxylic acids is 2. The van der Waals surface area contributed by atoms with E-state index in [1.54, 1.807) is 27.7 Å². The summed E-state index contributed by atoms with van der Waals surface area (Å²) in [6, 6.07) is 2.04. The zero-order valence-electron chi connectivity index (χ0n) is 13.2. The first-order chi connectivity index (χ1) is 9.18. The molecule has 0 spiro atoms. The maximum atomic E-state index is 12.1. The predicted octanol–water partition coefficient (Wildman–Crippen LogP) is 2.69. The molecule has 0 amide bonds. The Labute approximate surface area is 121 Å². The van der Waals surface area contributed by atoms with Crippen molar-refractivity contribution in [3.63, 3.8) is 0 Å². The third kappa shape index (κ3) is 6.55. The van der Waals surface area contributed by atoms with Crippen LogP contribution in [-0.4, -0.2) is 24.1 Å². The second-order valence-electron chi connectivity index (χ2n) is 5.81. The first kappa shape index (κ1) is 18.4. The topological polar surface area (TPSA) is 76.4 Å².